The van der Waals surface area contributed by atoms with Gasteiger partial charge in [-0.25, -0.2) is 0 Å². The smallest absolute Gasteiger partial charge is 0.0665 e. The SMILES string of the molecule is CCCC1(C(CC=CCBr)OCC(C)(C)[SiH](C)C)CCC1. The lowest BCUT2D eigenvalue weighted by Gasteiger charge is -2.48. The molecular weight excluding hydrogens is 340 g/mol. The van der Waals surface area contributed by atoms with Gasteiger partial charge in [0.15, 0.2) is 0 Å². The van der Waals surface area contributed by atoms with Gasteiger partial charge < -0.3 is 4.74 Å². The van der Waals surface area contributed by atoms with Crippen LogP contribution in [-0.2, 0) is 4.74 Å². The predicted molar refractivity (Wildman–Crippen MR) is 101 cm³/mol. The molecular formula is C18H35BrOSi. The molecule has 0 radical (unpaired) electrons. The van der Waals surface area contributed by atoms with Crippen LogP contribution >= 0.6 is 15.9 Å². The van der Waals surface area contributed by atoms with Crippen LogP contribution in [0.3, 0.4) is 0 Å². The molecule has 0 spiro atoms. The second kappa shape index (κ2) is 8.88. The van der Waals surface area contributed by atoms with Gasteiger partial charge in [0.2, 0.25) is 0 Å². The first kappa shape index (κ1) is 19.4. The first-order valence-electron chi connectivity index (χ1n) is 8.70. The summed E-state index contributed by atoms with van der Waals surface area (Å²) in [6.45, 7) is 12.9. The van der Waals surface area contributed by atoms with Crippen LogP contribution in [0.4, 0.5) is 0 Å². The molecule has 0 saturated heterocycles. The maximum absolute atomic E-state index is 6.54. The van der Waals surface area contributed by atoms with Crippen molar-refractivity contribution in [2.45, 2.75) is 83.5 Å². The van der Waals surface area contributed by atoms with E-state index in [1.54, 1.807) is 0 Å². The van der Waals surface area contributed by atoms with E-state index in [-0.39, 0.29) is 0 Å². The second-order valence-electron chi connectivity index (χ2n) is 7.77. The minimum atomic E-state index is -0.683. The molecule has 0 heterocycles. The first-order chi connectivity index (χ1) is 9.88. The summed E-state index contributed by atoms with van der Waals surface area (Å²) in [6, 6.07) is 0. The molecule has 0 amide bonds. The number of ether oxygens (including phenoxy) is 1. The third-order valence-corrected chi connectivity index (χ3v) is 9.27. The lowest BCUT2D eigenvalue weighted by molar-refractivity contribution is -0.0907. The van der Waals surface area contributed by atoms with Gasteiger partial charge in [-0.2, -0.15) is 0 Å². The zero-order valence-electron chi connectivity index (χ0n) is 14.8. The molecule has 1 nitrogen and oxygen atoms in total. The fourth-order valence-electron chi connectivity index (χ4n) is 3.12. The maximum atomic E-state index is 6.54. The molecule has 0 N–H and O–H groups in total. The van der Waals surface area contributed by atoms with Crippen LogP contribution in [-0.4, -0.2) is 26.8 Å². The van der Waals surface area contributed by atoms with Gasteiger partial charge in [-0.3, -0.25) is 0 Å². The molecule has 1 aliphatic carbocycles. The van der Waals surface area contributed by atoms with E-state index in [1.807, 2.05) is 0 Å². The Morgan fingerprint density at radius 2 is 1.95 bits per heavy atom. The normalized spacial score (nSPS) is 20.0. The van der Waals surface area contributed by atoms with E-state index < -0.39 is 8.80 Å². The van der Waals surface area contributed by atoms with Gasteiger partial charge in [-0.05, 0) is 36.1 Å². The Morgan fingerprint density at radius 1 is 1.29 bits per heavy atom. The van der Waals surface area contributed by atoms with Crippen molar-refractivity contribution < 1.29 is 4.74 Å². The molecule has 0 bridgehead atoms. The van der Waals surface area contributed by atoms with Gasteiger partial charge in [0.1, 0.15) is 0 Å². The van der Waals surface area contributed by atoms with Crippen molar-refractivity contribution in [3.05, 3.63) is 12.2 Å². The van der Waals surface area contributed by atoms with Gasteiger partial charge in [-0.15, -0.1) is 0 Å². The van der Waals surface area contributed by atoms with E-state index in [0.29, 0.717) is 16.6 Å². The van der Waals surface area contributed by atoms with Crippen molar-refractivity contribution in [2.75, 3.05) is 11.9 Å². The number of allylic oxidation sites excluding steroid dienone is 1. The molecule has 0 aromatic carbocycles. The first-order valence-corrected chi connectivity index (χ1v) is 12.7. The lowest BCUT2D eigenvalue weighted by Crippen LogP contribution is -2.44. The molecule has 0 aromatic rings. The highest BCUT2D eigenvalue weighted by Gasteiger charge is 2.43. The second-order valence-corrected chi connectivity index (χ2v) is 12.3. The van der Waals surface area contributed by atoms with E-state index in [2.05, 4.69) is 61.9 Å². The fourth-order valence-corrected chi connectivity index (χ4v) is 3.82. The fraction of sp³-hybridized carbons (Fsp3) is 0.889. The Bertz CT molecular complexity index is 321. The van der Waals surface area contributed by atoms with Gasteiger partial charge >= 0.3 is 0 Å². The van der Waals surface area contributed by atoms with Crippen molar-refractivity contribution in [1.29, 1.82) is 0 Å². The summed E-state index contributed by atoms with van der Waals surface area (Å²) in [5, 5.41) is 1.35. The van der Waals surface area contributed by atoms with Gasteiger partial charge in [-0.1, -0.05) is 74.8 Å². The Hall–Kier alpha value is 0.397. The zero-order chi connectivity index (χ0) is 15.9. The lowest BCUT2D eigenvalue weighted by atomic mass is 9.62. The molecule has 1 aliphatic rings. The molecule has 1 saturated carbocycles. The summed E-state index contributed by atoms with van der Waals surface area (Å²) in [5.41, 5.74) is 0.472. The summed E-state index contributed by atoms with van der Waals surface area (Å²) >= 11 is 3.48. The summed E-state index contributed by atoms with van der Waals surface area (Å²) in [4.78, 5) is 0. The third kappa shape index (κ3) is 5.51. The molecule has 1 atom stereocenters. The van der Waals surface area contributed by atoms with Crippen molar-refractivity contribution >= 4 is 24.7 Å². The summed E-state index contributed by atoms with van der Waals surface area (Å²) in [6.07, 6.45) is 12.8. The average Bonchev–Trinajstić information content (AvgIpc) is 2.38. The maximum Gasteiger partial charge on any atom is 0.0665 e. The van der Waals surface area contributed by atoms with Gasteiger partial charge in [0.05, 0.1) is 6.10 Å². The number of hydrogen-bond donors (Lipinski definition) is 0. The van der Waals surface area contributed by atoms with E-state index in [4.69, 9.17) is 4.74 Å². The Labute approximate surface area is 142 Å². The largest absolute Gasteiger partial charge is 0.377 e. The van der Waals surface area contributed by atoms with Crippen LogP contribution in [0, 0.1) is 5.41 Å². The van der Waals surface area contributed by atoms with Crippen LogP contribution in [0.25, 0.3) is 0 Å². The average molecular weight is 375 g/mol. The Kier molecular flexibility index (Phi) is 8.22. The highest BCUT2D eigenvalue weighted by atomic mass is 79.9. The molecule has 21 heavy (non-hydrogen) atoms. The molecule has 0 aromatic heterocycles. The van der Waals surface area contributed by atoms with Crippen LogP contribution in [0.5, 0.6) is 0 Å². The molecule has 1 fully saturated rings. The third-order valence-electron chi connectivity index (χ3n) is 5.61. The van der Waals surface area contributed by atoms with Gasteiger partial charge in [0.25, 0.3) is 0 Å². The zero-order valence-corrected chi connectivity index (χ0v) is 17.5. The van der Waals surface area contributed by atoms with E-state index in [9.17, 15) is 0 Å². The number of halogens is 1. The highest BCUT2D eigenvalue weighted by molar-refractivity contribution is 9.09. The minimum absolute atomic E-state index is 0.397. The van der Waals surface area contributed by atoms with Crippen molar-refractivity contribution in [2.24, 2.45) is 5.41 Å². The van der Waals surface area contributed by atoms with E-state index >= 15 is 0 Å². The van der Waals surface area contributed by atoms with Crippen LogP contribution < -0.4 is 0 Å². The molecule has 3 heteroatoms. The molecule has 1 rings (SSSR count). The molecule has 1 unspecified atom stereocenters. The van der Waals surface area contributed by atoms with Crippen molar-refractivity contribution in [3.63, 3.8) is 0 Å². The molecule has 0 aliphatic heterocycles. The summed E-state index contributed by atoms with van der Waals surface area (Å²) in [7, 11) is -0.683. The predicted octanol–water partition coefficient (Wildman–Crippen LogP) is 5.95. The van der Waals surface area contributed by atoms with E-state index in [0.717, 1.165) is 18.4 Å². The summed E-state index contributed by atoms with van der Waals surface area (Å²) < 4.78 is 6.54. The standard InChI is InChI=1S/C18H35BrOSi/c1-6-11-18(12-9-13-18)16(10-7-8-14-19)20-15-17(2,3)21(4)5/h7-8,16,21H,6,9-15H2,1-5H3. The minimum Gasteiger partial charge on any atom is -0.377 e. The van der Waals surface area contributed by atoms with Crippen molar-refractivity contribution in [3.8, 4) is 0 Å². The number of rotatable bonds is 10. The van der Waals surface area contributed by atoms with Crippen LogP contribution in [0.15, 0.2) is 12.2 Å². The topological polar surface area (TPSA) is 9.23 Å². The number of alkyl halides is 1. The Morgan fingerprint density at radius 3 is 2.38 bits per heavy atom. The van der Waals surface area contributed by atoms with E-state index in [1.165, 1.54) is 32.1 Å². The van der Waals surface area contributed by atoms with Crippen LogP contribution in [0.2, 0.25) is 18.1 Å². The molecule has 124 valence electrons. The highest BCUT2D eigenvalue weighted by Crippen LogP contribution is 2.50. The number of hydrogen-bond acceptors (Lipinski definition) is 1. The van der Waals surface area contributed by atoms with Crippen molar-refractivity contribution in [1.82, 2.24) is 0 Å². The van der Waals surface area contributed by atoms with Gasteiger partial charge in [0, 0.05) is 20.7 Å². The quantitative estimate of drug-likeness (QED) is 0.260. The monoisotopic (exact) mass is 374 g/mol. The Balaban J connectivity index is 2.70. The summed E-state index contributed by atoms with van der Waals surface area (Å²) in [5.74, 6) is 0. The van der Waals surface area contributed by atoms with Crippen LogP contribution in [0.1, 0.15) is 59.3 Å².